The van der Waals surface area contributed by atoms with E-state index in [2.05, 4.69) is 16.6 Å². The van der Waals surface area contributed by atoms with Crippen LogP contribution in [0.15, 0.2) is 6.07 Å². The monoisotopic (exact) mass is 371 g/mol. The standard InChI is InChI=1S/C13H10ClNO6.2C2H6/c1-4-5-8-9(13(17)20-3)6-10(15(18)19)11(14)12(8)21-7(2)16;2*1-2/h6H,1-3H3;2*1-2H3. The Labute approximate surface area is 152 Å². The van der Waals surface area contributed by atoms with Gasteiger partial charge in [0.05, 0.1) is 23.2 Å². The van der Waals surface area contributed by atoms with E-state index in [1.807, 2.05) is 27.7 Å². The van der Waals surface area contributed by atoms with Gasteiger partial charge in [0.15, 0.2) is 10.8 Å². The zero-order valence-corrected chi connectivity index (χ0v) is 16.1. The summed E-state index contributed by atoms with van der Waals surface area (Å²) in [6.07, 6.45) is 0. The Morgan fingerprint density at radius 2 is 1.76 bits per heavy atom. The summed E-state index contributed by atoms with van der Waals surface area (Å²) in [6, 6.07) is 0.931. The van der Waals surface area contributed by atoms with Crippen molar-refractivity contribution in [2.75, 3.05) is 7.11 Å². The van der Waals surface area contributed by atoms with Crippen LogP contribution in [-0.2, 0) is 9.53 Å². The number of esters is 2. The van der Waals surface area contributed by atoms with Gasteiger partial charge in [0.25, 0.3) is 5.69 Å². The Balaban J connectivity index is 0. The third-order valence-corrected chi connectivity index (χ3v) is 2.66. The predicted octanol–water partition coefficient (Wildman–Crippen LogP) is 4.38. The number of nitro groups is 1. The van der Waals surface area contributed by atoms with E-state index >= 15 is 0 Å². The average Bonchev–Trinajstić information content (AvgIpc) is 2.60. The molecule has 0 atom stereocenters. The van der Waals surface area contributed by atoms with Crippen molar-refractivity contribution in [1.82, 2.24) is 0 Å². The lowest BCUT2D eigenvalue weighted by Crippen LogP contribution is -2.11. The van der Waals surface area contributed by atoms with E-state index in [1.54, 1.807) is 0 Å². The van der Waals surface area contributed by atoms with Gasteiger partial charge >= 0.3 is 11.9 Å². The molecule has 7 nitrogen and oxygen atoms in total. The summed E-state index contributed by atoms with van der Waals surface area (Å²) >= 11 is 5.87. The van der Waals surface area contributed by atoms with Crippen LogP contribution in [0, 0.1) is 22.0 Å². The summed E-state index contributed by atoms with van der Waals surface area (Å²) in [5.41, 5.74) is -0.843. The first-order valence-corrected chi connectivity index (χ1v) is 7.91. The Morgan fingerprint density at radius 3 is 2.12 bits per heavy atom. The highest BCUT2D eigenvalue weighted by molar-refractivity contribution is 6.34. The first-order chi connectivity index (χ1) is 11.8. The third-order valence-electron chi connectivity index (χ3n) is 2.30. The van der Waals surface area contributed by atoms with Crippen LogP contribution in [0.2, 0.25) is 5.02 Å². The van der Waals surface area contributed by atoms with E-state index in [1.165, 1.54) is 6.92 Å². The predicted molar refractivity (Wildman–Crippen MR) is 96.0 cm³/mol. The van der Waals surface area contributed by atoms with Crippen LogP contribution in [0.4, 0.5) is 5.69 Å². The number of hydrogen-bond acceptors (Lipinski definition) is 6. The fourth-order valence-electron chi connectivity index (χ4n) is 1.51. The van der Waals surface area contributed by atoms with Gasteiger partial charge in [0.2, 0.25) is 0 Å². The highest BCUT2D eigenvalue weighted by atomic mass is 35.5. The number of carbonyl (C=O) groups excluding carboxylic acids is 2. The summed E-state index contributed by atoms with van der Waals surface area (Å²) in [5.74, 6) is 3.10. The third kappa shape index (κ3) is 6.81. The van der Waals surface area contributed by atoms with Crippen molar-refractivity contribution >= 4 is 29.2 Å². The summed E-state index contributed by atoms with van der Waals surface area (Å²) in [6.45, 7) is 10.6. The number of nitrogens with zero attached hydrogens (tertiary/aromatic N) is 1. The van der Waals surface area contributed by atoms with Crippen LogP contribution in [0.1, 0.15) is 57.5 Å². The summed E-state index contributed by atoms with van der Waals surface area (Å²) in [7, 11) is 1.11. The van der Waals surface area contributed by atoms with E-state index < -0.39 is 27.6 Å². The van der Waals surface area contributed by atoms with Crippen molar-refractivity contribution in [3.8, 4) is 17.6 Å². The molecule has 0 saturated heterocycles. The van der Waals surface area contributed by atoms with Gasteiger partial charge in [-0.2, -0.15) is 0 Å². The maximum atomic E-state index is 11.7. The maximum absolute atomic E-state index is 11.7. The summed E-state index contributed by atoms with van der Waals surface area (Å²) in [4.78, 5) is 33.1. The Kier molecular flexibility index (Phi) is 12.6. The van der Waals surface area contributed by atoms with Crippen molar-refractivity contribution in [1.29, 1.82) is 0 Å². The van der Waals surface area contributed by atoms with Crippen molar-refractivity contribution in [2.45, 2.75) is 41.5 Å². The number of nitro benzene ring substituents is 1. The van der Waals surface area contributed by atoms with E-state index in [9.17, 15) is 19.7 Å². The first kappa shape index (κ1) is 24.7. The Hall–Kier alpha value is -2.59. The van der Waals surface area contributed by atoms with Gasteiger partial charge in [-0.15, -0.1) is 5.92 Å². The molecular formula is C17H22ClNO6. The molecule has 0 spiro atoms. The zero-order valence-electron chi connectivity index (χ0n) is 15.4. The minimum Gasteiger partial charge on any atom is -0.465 e. The van der Waals surface area contributed by atoms with Crippen LogP contribution in [0.3, 0.4) is 0 Å². The van der Waals surface area contributed by atoms with Gasteiger partial charge in [-0.3, -0.25) is 14.9 Å². The minimum atomic E-state index is -0.860. The fourth-order valence-corrected chi connectivity index (χ4v) is 1.77. The molecule has 0 amide bonds. The molecule has 0 saturated carbocycles. The number of rotatable bonds is 3. The van der Waals surface area contributed by atoms with Crippen LogP contribution >= 0.6 is 11.6 Å². The second-order valence-corrected chi connectivity index (χ2v) is 4.06. The van der Waals surface area contributed by atoms with E-state index in [-0.39, 0.29) is 16.9 Å². The van der Waals surface area contributed by atoms with Crippen molar-refractivity contribution in [2.24, 2.45) is 0 Å². The molecule has 0 radical (unpaired) electrons. The molecular weight excluding hydrogens is 350 g/mol. The second kappa shape index (κ2) is 12.8. The number of hydrogen-bond donors (Lipinski definition) is 0. The molecule has 0 aromatic heterocycles. The van der Waals surface area contributed by atoms with Crippen LogP contribution in [0.25, 0.3) is 0 Å². The molecule has 138 valence electrons. The van der Waals surface area contributed by atoms with Crippen LogP contribution < -0.4 is 4.74 Å². The zero-order chi connectivity index (χ0) is 20.2. The molecule has 0 N–H and O–H groups in total. The highest BCUT2D eigenvalue weighted by Crippen LogP contribution is 2.39. The Bertz CT molecular complexity index is 689. The minimum absolute atomic E-state index is 0.0462. The first-order valence-electron chi connectivity index (χ1n) is 7.53. The molecule has 0 unspecified atom stereocenters. The Morgan fingerprint density at radius 1 is 1.24 bits per heavy atom. The largest absolute Gasteiger partial charge is 0.465 e. The molecule has 1 rings (SSSR count). The van der Waals surface area contributed by atoms with Crippen LogP contribution in [-0.4, -0.2) is 24.0 Å². The van der Waals surface area contributed by atoms with Gasteiger partial charge in [-0.25, -0.2) is 4.79 Å². The average molecular weight is 372 g/mol. The number of methoxy groups -OCH3 is 1. The summed E-state index contributed by atoms with van der Waals surface area (Å²) in [5, 5.41) is 10.6. The molecule has 0 heterocycles. The smallest absolute Gasteiger partial charge is 0.339 e. The fraction of sp³-hybridized carbons (Fsp3) is 0.412. The van der Waals surface area contributed by atoms with Gasteiger partial charge in [0.1, 0.15) is 0 Å². The van der Waals surface area contributed by atoms with Gasteiger partial charge in [-0.05, 0) is 6.92 Å². The lowest BCUT2D eigenvalue weighted by molar-refractivity contribution is -0.384. The molecule has 8 heteroatoms. The molecule has 0 bridgehead atoms. The van der Waals surface area contributed by atoms with Crippen LogP contribution in [0.5, 0.6) is 5.75 Å². The van der Waals surface area contributed by atoms with Gasteiger partial charge in [-0.1, -0.05) is 45.2 Å². The molecule has 0 aliphatic rings. The van der Waals surface area contributed by atoms with E-state index in [4.69, 9.17) is 16.3 Å². The van der Waals surface area contributed by atoms with E-state index in [0.717, 1.165) is 20.1 Å². The SMILES string of the molecule is CC.CC.CC#Cc1c(C(=O)OC)cc([N+](=O)[O-])c(Cl)c1OC(C)=O. The number of ether oxygens (including phenoxy) is 2. The molecule has 1 aromatic carbocycles. The van der Waals surface area contributed by atoms with Crippen molar-refractivity contribution in [3.05, 3.63) is 32.3 Å². The molecule has 0 aliphatic carbocycles. The van der Waals surface area contributed by atoms with Gasteiger partial charge < -0.3 is 9.47 Å². The van der Waals surface area contributed by atoms with Gasteiger partial charge in [0, 0.05) is 13.0 Å². The lowest BCUT2D eigenvalue weighted by Gasteiger charge is -2.11. The molecule has 25 heavy (non-hydrogen) atoms. The second-order valence-electron chi connectivity index (χ2n) is 3.68. The maximum Gasteiger partial charge on any atom is 0.339 e. The number of benzene rings is 1. The van der Waals surface area contributed by atoms with E-state index in [0.29, 0.717) is 0 Å². The van der Waals surface area contributed by atoms with Crippen molar-refractivity contribution < 1.29 is 24.0 Å². The lowest BCUT2D eigenvalue weighted by atomic mass is 10.1. The molecule has 0 aliphatic heterocycles. The number of halogens is 1. The quantitative estimate of drug-likeness (QED) is 0.257. The van der Waals surface area contributed by atoms with Crippen molar-refractivity contribution in [3.63, 3.8) is 0 Å². The highest BCUT2D eigenvalue weighted by Gasteiger charge is 2.28. The molecule has 0 fully saturated rings. The number of carbonyl (C=O) groups is 2. The molecule has 1 aromatic rings. The topological polar surface area (TPSA) is 95.7 Å². The normalized spacial score (nSPS) is 8.32. The summed E-state index contributed by atoms with van der Waals surface area (Å²) < 4.78 is 9.41.